The van der Waals surface area contributed by atoms with Gasteiger partial charge in [-0.1, -0.05) is 12.1 Å². The van der Waals surface area contributed by atoms with Crippen LogP contribution in [-0.2, 0) is 18.6 Å². The third-order valence-corrected chi connectivity index (χ3v) is 6.39. The van der Waals surface area contributed by atoms with Gasteiger partial charge in [0, 0.05) is 25.5 Å². The fourth-order valence-corrected chi connectivity index (χ4v) is 4.48. The number of carbonyl (C=O) groups excluding carboxylic acids is 2. The minimum atomic E-state index is -3.69. The van der Waals surface area contributed by atoms with Crippen molar-refractivity contribution in [2.24, 2.45) is 0 Å². The molecule has 2 aromatic rings. The Morgan fingerprint density at radius 1 is 1.18 bits per heavy atom. The zero-order valence-electron chi connectivity index (χ0n) is 17.9. The summed E-state index contributed by atoms with van der Waals surface area (Å²) in [4.78, 5) is 40.9. The van der Waals surface area contributed by atoms with Gasteiger partial charge in [0.1, 0.15) is 18.4 Å². The number of hydrogen-bond acceptors (Lipinski definition) is 8. The van der Waals surface area contributed by atoms with Crippen molar-refractivity contribution in [1.82, 2.24) is 9.88 Å². The summed E-state index contributed by atoms with van der Waals surface area (Å²) in [5.41, 5.74) is 2.89. The summed E-state index contributed by atoms with van der Waals surface area (Å²) in [5, 5.41) is 0. The lowest BCUT2D eigenvalue weighted by Crippen LogP contribution is -2.45. The summed E-state index contributed by atoms with van der Waals surface area (Å²) in [6.45, 7) is 1.49. The van der Waals surface area contributed by atoms with Crippen LogP contribution in [-0.4, -0.2) is 72.6 Å². The fourth-order valence-electron chi connectivity index (χ4n) is 4.06. The van der Waals surface area contributed by atoms with Gasteiger partial charge in [-0.15, -0.1) is 0 Å². The second-order valence-electron chi connectivity index (χ2n) is 8.18. The van der Waals surface area contributed by atoms with E-state index in [9.17, 15) is 19.0 Å². The Bertz CT molecular complexity index is 1150. The van der Waals surface area contributed by atoms with Crippen LogP contribution in [0.2, 0.25) is 0 Å². The van der Waals surface area contributed by atoms with Crippen molar-refractivity contribution in [2.75, 3.05) is 38.4 Å². The minimum Gasteiger partial charge on any atom is -0.489 e. The molecule has 12 heteroatoms. The lowest BCUT2D eigenvalue weighted by Gasteiger charge is -2.31. The first kappa shape index (κ1) is 21.7. The topological polar surface area (TPSA) is 128 Å². The predicted octanol–water partition coefficient (Wildman–Crippen LogP) is 2.79. The highest BCUT2D eigenvalue weighted by Gasteiger charge is 2.47. The molecule has 4 heterocycles. The molecule has 1 aromatic carbocycles. The summed E-state index contributed by atoms with van der Waals surface area (Å²) in [6.07, 6.45) is -0.344. The smallest absolute Gasteiger partial charge is 0.415 e. The second-order valence-corrected chi connectivity index (χ2v) is 10.0. The molecule has 11 nitrogen and oxygen atoms in total. The summed E-state index contributed by atoms with van der Waals surface area (Å²) in [5.74, 6) is 0.515. The normalized spacial score (nSPS) is 25.6. The van der Waals surface area contributed by atoms with Gasteiger partial charge in [-0.25, -0.2) is 9.59 Å². The number of nitrogens with zero attached hydrogens (tertiary/aromatic N) is 3. The van der Waals surface area contributed by atoms with Crippen molar-refractivity contribution in [3.63, 3.8) is 0 Å². The first-order valence-corrected chi connectivity index (χ1v) is 12.3. The first-order chi connectivity index (χ1) is 15.7. The van der Waals surface area contributed by atoms with Gasteiger partial charge in [-0.05, 0) is 23.8 Å². The van der Waals surface area contributed by atoms with Crippen molar-refractivity contribution in [3.8, 4) is 16.9 Å². The van der Waals surface area contributed by atoms with Gasteiger partial charge in [-0.3, -0.25) is 14.4 Å². The van der Waals surface area contributed by atoms with Crippen molar-refractivity contribution in [2.45, 2.75) is 18.2 Å². The van der Waals surface area contributed by atoms with Gasteiger partial charge in [0.25, 0.3) is 0 Å². The van der Waals surface area contributed by atoms with Gasteiger partial charge in [0.2, 0.25) is 0 Å². The van der Waals surface area contributed by atoms with Crippen LogP contribution in [0.15, 0.2) is 36.5 Å². The van der Waals surface area contributed by atoms with Gasteiger partial charge in [-0.2, -0.15) is 0 Å². The highest BCUT2D eigenvalue weighted by molar-refractivity contribution is 7.51. The average Bonchev–Trinajstić information content (AvgIpc) is 3.30. The molecule has 2 fully saturated rings. The van der Waals surface area contributed by atoms with Crippen LogP contribution in [0.3, 0.4) is 0 Å². The maximum absolute atomic E-state index is 12.5. The van der Waals surface area contributed by atoms with E-state index >= 15 is 0 Å². The number of benzene rings is 1. The van der Waals surface area contributed by atoms with Crippen molar-refractivity contribution in [1.29, 1.82) is 0 Å². The number of aromatic nitrogens is 1. The number of ether oxygens (including phenoxy) is 3. The number of rotatable bonds is 5. The summed E-state index contributed by atoms with van der Waals surface area (Å²) < 4.78 is 32.9. The SMILES string of the molecule is CN1CC(c2ccc(-c3ccc4c(c3)OC[C@H]3[C@H](COP(C)(=O)O)OC(=O)N43)cn2)OC1=O. The Kier molecular flexibility index (Phi) is 5.27. The molecule has 3 aliphatic rings. The third-order valence-electron chi connectivity index (χ3n) is 5.76. The molecule has 2 saturated heterocycles. The molecule has 2 amide bonds. The molecule has 0 saturated carbocycles. The zero-order chi connectivity index (χ0) is 23.3. The number of anilines is 1. The van der Waals surface area contributed by atoms with Crippen molar-refractivity contribution >= 4 is 25.5 Å². The number of hydrogen-bond donors (Lipinski definition) is 1. The highest BCUT2D eigenvalue weighted by Crippen LogP contribution is 2.43. The molecule has 4 atom stereocenters. The molecule has 3 aliphatic heterocycles. The van der Waals surface area contributed by atoms with Gasteiger partial charge in [0.15, 0.2) is 12.2 Å². The number of carbonyl (C=O) groups is 2. The Hall–Kier alpha value is -3.14. The van der Waals surface area contributed by atoms with Crippen molar-refractivity contribution in [3.05, 3.63) is 42.2 Å². The molecule has 0 aliphatic carbocycles. The van der Waals surface area contributed by atoms with E-state index in [-0.39, 0.29) is 19.3 Å². The minimum absolute atomic E-state index is 0.160. The molecule has 33 heavy (non-hydrogen) atoms. The summed E-state index contributed by atoms with van der Waals surface area (Å²) in [6, 6.07) is 8.66. The standard InChI is InChI=1S/C21H22N3O8P/c1-23-9-18(31-20(23)25)14-5-3-13(8-22-14)12-4-6-15-17(7-12)29-10-16-19(11-30-33(2,27)28)32-21(26)24(15)16/h3-8,16,18-19H,9-11H2,1-2H3,(H,27,28)/t16-,18?,19-/m0/s1. The number of fused-ring (bicyclic) bond motifs is 3. The quantitative estimate of drug-likeness (QED) is 0.649. The highest BCUT2D eigenvalue weighted by atomic mass is 31.2. The van der Waals surface area contributed by atoms with Crippen molar-refractivity contribution < 1.29 is 37.8 Å². The molecule has 5 rings (SSSR count). The molecule has 0 radical (unpaired) electrons. The Morgan fingerprint density at radius 2 is 1.97 bits per heavy atom. The van der Waals surface area contributed by atoms with E-state index in [4.69, 9.17) is 18.7 Å². The van der Waals surface area contributed by atoms with Crippen LogP contribution in [0.4, 0.5) is 15.3 Å². The van der Waals surface area contributed by atoms with Crippen LogP contribution < -0.4 is 9.64 Å². The molecule has 174 valence electrons. The number of likely N-dealkylation sites (N-methyl/N-ethyl adjacent to an activating group) is 1. The molecule has 2 unspecified atom stereocenters. The lowest BCUT2D eigenvalue weighted by molar-refractivity contribution is 0.0778. The Labute approximate surface area is 189 Å². The number of cyclic esters (lactones) is 2. The molecule has 1 aromatic heterocycles. The number of pyridine rings is 1. The third kappa shape index (κ3) is 4.15. The van der Waals surface area contributed by atoms with Crippen LogP contribution in [0.25, 0.3) is 11.1 Å². The average molecular weight is 475 g/mol. The van der Waals surface area contributed by atoms with Crippen LogP contribution in [0.1, 0.15) is 11.8 Å². The van der Waals surface area contributed by atoms with Gasteiger partial charge >= 0.3 is 19.8 Å². The largest absolute Gasteiger partial charge is 0.489 e. The van der Waals surface area contributed by atoms with E-state index in [1.807, 2.05) is 24.3 Å². The van der Waals surface area contributed by atoms with E-state index in [0.29, 0.717) is 23.7 Å². The Balaban J connectivity index is 1.34. The van der Waals surface area contributed by atoms with E-state index in [2.05, 4.69) is 4.98 Å². The summed E-state index contributed by atoms with van der Waals surface area (Å²) >= 11 is 0. The van der Waals surface area contributed by atoms with Crippen LogP contribution >= 0.6 is 7.60 Å². The van der Waals surface area contributed by atoms with Crippen LogP contribution in [0.5, 0.6) is 5.75 Å². The second kappa shape index (κ2) is 8.02. The molecular formula is C21H22N3O8P. The monoisotopic (exact) mass is 475 g/mol. The molecular weight excluding hydrogens is 453 g/mol. The Morgan fingerprint density at radius 3 is 2.64 bits per heavy atom. The molecule has 0 spiro atoms. The zero-order valence-corrected chi connectivity index (χ0v) is 18.8. The number of amides is 2. The van der Waals surface area contributed by atoms with Crippen LogP contribution in [0, 0.1) is 0 Å². The van der Waals surface area contributed by atoms with E-state index < -0.39 is 31.9 Å². The first-order valence-electron chi connectivity index (χ1n) is 10.3. The van der Waals surface area contributed by atoms with Gasteiger partial charge < -0.3 is 28.5 Å². The van der Waals surface area contributed by atoms with E-state index in [0.717, 1.165) is 17.8 Å². The maximum atomic E-state index is 12.5. The van der Waals surface area contributed by atoms with E-state index in [1.165, 1.54) is 9.80 Å². The van der Waals surface area contributed by atoms with E-state index in [1.54, 1.807) is 19.3 Å². The lowest BCUT2D eigenvalue weighted by atomic mass is 10.0. The van der Waals surface area contributed by atoms with Gasteiger partial charge in [0.05, 0.1) is 24.5 Å². The molecule has 0 bridgehead atoms. The summed E-state index contributed by atoms with van der Waals surface area (Å²) in [7, 11) is -2.02. The maximum Gasteiger partial charge on any atom is 0.415 e. The fraction of sp³-hybridized carbons (Fsp3) is 0.381. The predicted molar refractivity (Wildman–Crippen MR) is 115 cm³/mol. The molecule has 1 N–H and O–H groups in total.